The minimum absolute atomic E-state index is 0.341. The summed E-state index contributed by atoms with van der Waals surface area (Å²) in [6.07, 6.45) is 0. The molecule has 1 aromatic rings. The molecule has 0 atom stereocenters. The number of nitrogens with two attached hydrogens (primary N) is 1. The van der Waals surface area contributed by atoms with Crippen LogP contribution in [0.2, 0.25) is 0 Å². The van der Waals surface area contributed by atoms with Crippen molar-refractivity contribution in [3.63, 3.8) is 0 Å². The second-order valence-corrected chi connectivity index (χ2v) is 4.65. The van der Waals surface area contributed by atoms with Crippen molar-refractivity contribution in [2.75, 3.05) is 25.5 Å². The van der Waals surface area contributed by atoms with Gasteiger partial charge in [-0.2, -0.15) is 0 Å². The average Bonchev–Trinajstić information content (AvgIpc) is 2.19. The van der Waals surface area contributed by atoms with E-state index in [9.17, 15) is 0 Å². The van der Waals surface area contributed by atoms with E-state index in [1.54, 1.807) is 0 Å². The van der Waals surface area contributed by atoms with Crippen LogP contribution in [0.25, 0.3) is 0 Å². The van der Waals surface area contributed by atoms with E-state index in [1.807, 2.05) is 12.1 Å². The van der Waals surface area contributed by atoms with Crippen LogP contribution in [0.5, 0.6) is 0 Å². The molecule has 0 spiro atoms. The summed E-state index contributed by atoms with van der Waals surface area (Å²) in [5, 5.41) is 3.44. The number of anilines is 1. The normalized spacial score (nSPS) is 18.5. The Morgan fingerprint density at radius 2 is 2.00 bits per heavy atom. The maximum atomic E-state index is 5.62. The summed E-state index contributed by atoms with van der Waals surface area (Å²) in [6, 6.07) is 7.99. The molecular formula is C12H18N2O. The largest absolute Gasteiger partial charge is 0.399 e. The fraction of sp³-hybridized carbons (Fsp3) is 0.500. The zero-order valence-corrected chi connectivity index (χ0v) is 9.12. The lowest BCUT2D eigenvalue weighted by atomic mass is 9.89. The Bertz CT molecular complexity index is 317. The van der Waals surface area contributed by atoms with Gasteiger partial charge in [0.2, 0.25) is 0 Å². The van der Waals surface area contributed by atoms with Gasteiger partial charge in [0.05, 0.1) is 13.2 Å². The van der Waals surface area contributed by atoms with E-state index in [0.29, 0.717) is 5.41 Å². The number of hydrogen-bond donors (Lipinski definition) is 2. The van der Waals surface area contributed by atoms with E-state index >= 15 is 0 Å². The molecule has 2 rings (SSSR count). The molecule has 3 nitrogen and oxygen atoms in total. The van der Waals surface area contributed by atoms with E-state index < -0.39 is 0 Å². The summed E-state index contributed by atoms with van der Waals surface area (Å²) in [5.74, 6) is 0. The molecule has 0 saturated carbocycles. The van der Waals surface area contributed by atoms with E-state index in [2.05, 4.69) is 24.4 Å². The van der Waals surface area contributed by atoms with E-state index in [1.165, 1.54) is 5.56 Å². The van der Waals surface area contributed by atoms with Gasteiger partial charge in [-0.25, -0.2) is 0 Å². The number of rotatable bonds is 4. The smallest absolute Gasteiger partial charge is 0.0554 e. The lowest BCUT2D eigenvalue weighted by molar-refractivity contribution is -0.0991. The quantitative estimate of drug-likeness (QED) is 0.732. The van der Waals surface area contributed by atoms with Crippen LogP contribution >= 0.6 is 0 Å². The minimum atomic E-state index is 0.341. The van der Waals surface area contributed by atoms with E-state index in [-0.39, 0.29) is 0 Å². The molecule has 0 bridgehead atoms. The van der Waals surface area contributed by atoms with Crippen molar-refractivity contribution in [3.05, 3.63) is 29.8 Å². The highest BCUT2D eigenvalue weighted by Gasteiger charge is 2.32. The van der Waals surface area contributed by atoms with Crippen LogP contribution in [-0.4, -0.2) is 19.8 Å². The first-order valence-corrected chi connectivity index (χ1v) is 5.31. The topological polar surface area (TPSA) is 47.3 Å². The Morgan fingerprint density at radius 1 is 1.33 bits per heavy atom. The maximum Gasteiger partial charge on any atom is 0.0554 e. The van der Waals surface area contributed by atoms with Crippen LogP contribution in [-0.2, 0) is 11.3 Å². The summed E-state index contributed by atoms with van der Waals surface area (Å²) in [5.41, 5.74) is 8.05. The summed E-state index contributed by atoms with van der Waals surface area (Å²) >= 11 is 0. The van der Waals surface area contributed by atoms with Crippen molar-refractivity contribution in [2.24, 2.45) is 5.41 Å². The summed E-state index contributed by atoms with van der Waals surface area (Å²) in [6.45, 7) is 5.91. The van der Waals surface area contributed by atoms with Crippen molar-refractivity contribution >= 4 is 5.69 Å². The van der Waals surface area contributed by atoms with E-state index in [0.717, 1.165) is 32.0 Å². The first-order chi connectivity index (χ1) is 7.18. The average molecular weight is 206 g/mol. The van der Waals surface area contributed by atoms with Crippen molar-refractivity contribution in [3.8, 4) is 0 Å². The Hall–Kier alpha value is -1.06. The van der Waals surface area contributed by atoms with Crippen molar-refractivity contribution < 1.29 is 4.74 Å². The monoisotopic (exact) mass is 206 g/mol. The molecule has 1 aromatic carbocycles. The van der Waals surface area contributed by atoms with Gasteiger partial charge in [-0.05, 0) is 17.7 Å². The number of benzene rings is 1. The standard InChI is InChI=1S/C12H18N2O/c1-12(8-15-9-12)7-14-6-10-2-4-11(13)5-3-10/h2-5,14H,6-9,13H2,1H3. The lowest BCUT2D eigenvalue weighted by Gasteiger charge is -2.38. The Labute approximate surface area is 90.6 Å². The predicted molar refractivity (Wildman–Crippen MR) is 61.5 cm³/mol. The van der Waals surface area contributed by atoms with Gasteiger partial charge in [0.25, 0.3) is 0 Å². The number of ether oxygens (including phenoxy) is 1. The van der Waals surface area contributed by atoms with Crippen LogP contribution in [0.1, 0.15) is 12.5 Å². The molecule has 3 N–H and O–H groups in total. The molecule has 0 amide bonds. The number of nitrogens with one attached hydrogen (secondary N) is 1. The van der Waals surface area contributed by atoms with Gasteiger partial charge in [0.15, 0.2) is 0 Å². The summed E-state index contributed by atoms with van der Waals surface area (Å²) < 4.78 is 5.20. The molecule has 15 heavy (non-hydrogen) atoms. The van der Waals surface area contributed by atoms with Gasteiger partial charge in [-0.1, -0.05) is 19.1 Å². The summed E-state index contributed by atoms with van der Waals surface area (Å²) in [4.78, 5) is 0. The van der Waals surface area contributed by atoms with Crippen LogP contribution < -0.4 is 11.1 Å². The first kappa shape index (κ1) is 10.5. The molecule has 0 aromatic heterocycles. The van der Waals surface area contributed by atoms with Crippen LogP contribution in [0.3, 0.4) is 0 Å². The zero-order chi connectivity index (χ0) is 10.7. The number of nitrogen functional groups attached to an aromatic ring is 1. The third-order valence-corrected chi connectivity index (χ3v) is 2.76. The van der Waals surface area contributed by atoms with Crippen LogP contribution in [0.4, 0.5) is 5.69 Å². The Morgan fingerprint density at radius 3 is 2.53 bits per heavy atom. The lowest BCUT2D eigenvalue weighted by Crippen LogP contribution is -2.47. The molecule has 82 valence electrons. The zero-order valence-electron chi connectivity index (χ0n) is 9.12. The van der Waals surface area contributed by atoms with Gasteiger partial charge in [-0.3, -0.25) is 0 Å². The molecule has 1 saturated heterocycles. The van der Waals surface area contributed by atoms with Gasteiger partial charge in [0, 0.05) is 24.2 Å². The summed E-state index contributed by atoms with van der Waals surface area (Å²) in [7, 11) is 0. The molecular weight excluding hydrogens is 188 g/mol. The van der Waals surface area contributed by atoms with Gasteiger partial charge < -0.3 is 15.8 Å². The van der Waals surface area contributed by atoms with Crippen molar-refractivity contribution in [2.45, 2.75) is 13.5 Å². The maximum absolute atomic E-state index is 5.62. The van der Waals surface area contributed by atoms with Crippen molar-refractivity contribution in [1.29, 1.82) is 0 Å². The molecule has 1 heterocycles. The molecule has 1 fully saturated rings. The van der Waals surface area contributed by atoms with E-state index in [4.69, 9.17) is 10.5 Å². The SMILES string of the molecule is CC1(CNCc2ccc(N)cc2)COC1. The molecule has 0 radical (unpaired) electrons. The van der Waals surface area contributed by atoms with Crippen molar-refractivity contribution in [1.82, 2.24) is 5.32 Å². The fourth-order valence-electron chi connectivity index (χ4n) is 1.70. The second kappa shape index (κ2) is 4.21. The molecule has 3 heteroatoms. The number of hydrogen-bond acceptors (Lipinski definition) is 3. The molecule has 0 unspecified atom stereocenters. The Balaban J connectivity index is 1.76. The highest BCUT2D eigenvalue weighted by molar-refractivity contribution is 5.39. The first-order valence-electron chi connectivity index (χ1n) is 5.31. The Kier molecular flexibility index (Phi) is 2.93. The van der Waals surface area contributed by atoms with Gasteiger partial charge in [0.1, 0.15) is 0 Å². The second-order valence-electron chi connectivity index (χ2n) is 4.65. The molecule has 1 aliphatic rings. The van der Waals surface area contributed by atoms with Gasteiger partial charge in [-0.15, -0.1) is 0 Å². The third kappa shape index (κ3) is 2.70. The van der Waals surface area contributed by atoms with Gasteiger partial charge >= 0.3 is 0 Å². The van der Waals surface area contributed by atoms with Crippen LogP contribution in [0.15, 0.2) is 24.3 Å². The minimum Gasteiger partial charge on any atom is -0.399 e. The molecule has 0 aliphatic carbocycles. The highest BCUT2D eigenvalue weighted by Crippen LogP contribution is 2.25. The third-order valence-electron chi connectivity index (χ3n) is 2.76. The predicted octanol–water partition coefficient (Wildman–Crippen LogP) is 1.39. The molecule has 1 aliphatic heterocycles. The highest BCUT2D eigenvalue weighted by atomic mass is 16.5. The fourth-order valence-corrected chi connectivity index (χ4v) is 1.70. The van der Waals surface area contributed by atoms with Crippen LogP contribution in [0, 0.1) is 5.41 Å².